The van der Waals surface area contributed by atoms with Gasteiger partial charge < -0.3 is 15.4 Å². The largest absolute Gasteiger partial charge is 0.481 e. The van der Waals surface area contributed by atoms with Crippen LogP contribution in [0.15, 0.2) is 17.2 Å². The number of hydrogen-bond acceptors (Lipinski definition) is 4. The van der Waals surface area contributed by atoms with Gasteiger partial charge in [-0.2, -0.15) is 0 Å². The fourth-order valence-corrected chi connectivity index (χ4v) is 1.75. The molecule has 1 aromatic rings. The van der Waals surface area contributed by atoms with E-state index in [0.717, 1.165) is 12.8 Å². The summed E-state index contributed by atoms with van der Waals surface area (Å²) in [6.07, 6.45) is 4.08. The molecule has 0 aliphatic heterocycles. The summed E-state index contributed by atoms with van der Waals surface area (Å²) in [7, 11) is 0. The number of nitrogens with zero attached hydrogens (tertiary/aromatic N) is 1. The molecule has 0 saturated heterocycles. The predicted octanol–water partition coefficient (Wildman–Crippen LogP) is 1.46. The number of aliphatic carboxylic acids is 1. The maximum atomic E-state index is 11.0. The molecule has 0 amide bonds. The zero-order valence-corrected chi connectivity index (χ0v) is 10.5. The summed E-state index contributed by atoms with van der Waals surface area (Å²) in [5.41, 5.74) is -0.189. The van der Waals surface area contributed by atoms with E-state index in [1.165, 1.54) is 12.4 Å². The lowest BCUT2D eigenvalue weighted by Crippen LogP contribution is -2.13. The van der Waals surface area contributed by atoms with Crippen LogP contribution in [-0.2, 0) is 4.79 Å². The van der Waals surface area contributed by atoms with Gasteiger partial charge in [0.15, 0.2) is 0 Å². The molecule has 1 unspecified atom stereocenters. The van der Waals surface area contributed by atoms with Crippen LogP contribution in [0.4, 0.5) is 5.82 Å². The van der Waals surface area contributed by atoms with Crippen molar-refractivity contribution in [1.29, 1.82) is 0 Å². The van der Waals surface area contributed by atoms with E-state index in [4.69, 9.17) is 5.11 Å². The number of nitrogens with one attached hydrogen (secondary N) is 2. The number of aromatic amines is 1. The van der Waals surface area contributed by atoms with Gasteiger partial charge in [-0.05, 0) is 18.8 Å². The zero-order chi connectivity index (χ0) is 13.4. The first kappa shape index (κ1) is 14.2. The van der Waals surface area contributed by atoms with Crippen LogP contribution in [0.5, 0.6) is 0 Å². The molecule has 0 radical (unpaired) electrons. The molecule has 0 aliphatic rings. The first-order valence-corrected chi connectivity index (χ1v) is 6.12. The Morgan fingerprint density at radius 2 is 2.33 bits per heavy atom. The molecule has 0 saturated carbocycles. The van der Waals surface area contributed by atoms with Crippen molar-refractivity contribution in [2.45, 2.75) is 32.6 Å². The van der Waals surface area contributed by atoms with E-state index in [0.29, 0.717) is 24.7 Å². The molecule has 3 N–H and O–H groups in total. The van der Waals surface area contributed by atoms with Crippen molar-refractivity contribution in [3.8, 4) is 0 Å². The van der Waals surface area contributed by atoms with Gasteiger partial charge in [0, 0.05) is 19.0 Å². The second kappa shape index (κ2) is 7.47. The Balaban J connectivity index is 2.30. The van der Waals surface area contributed by atoms with Gasteiger partial charge in [-0.1, -0.05) is 13.3 Å². The van der Waals surface area contributed by atoms with E-state index in [2.05, 4.69) is 22.2 Å². The maximum absolute atomic E-state index is 11.0. The lowest BCUT2D eigenvalue weighted by Gasteiger charge is -2.14. The second-order valence-electron chi connectivity index (χ2n) is 4.22. The highest BCUT2D eigenvalue weighted by atomic mass is 16.4. The Bertz CT molecular complexity index is 431. The first-order valence-electron chi connectivity index (χ1n) is 6.12. The third-order valence-electron chi connectivity index (χ3n) is 2.88. The number of H-pyrrole nitrogens is 1. The average molecular weight is 253 g/mol. The lowest BCUT2D eigenvalue weighted by atomic mass is 9.97. The number of carboxylic acid groups (broad SMARTS) is 1. The van der Waals surface area contributed by atoms with E-state index in [9.17, 15) is 9.59 Å². The van der Waals surface area contributed by atoms with Gasteiger partial charge >= 0.3 is 5.97 Å². The van der Waals surface area contributed by atoms with E-state index >= 15 is 0 Å². The van der Waals surface area contributed by atoms with Crippen molar-refractivity contribution < 1.29 is 9.90 Å². The number of hydrogen-bond donors (Lipinski definition) is 3. The van der Waals surface area contributed by atoms with Gasteiger partial charge in [-0.15, -0.1) is 0 Å². The normalized spacial score (nSPS) is 12.1. The van der Waals surface area contributed by atoms with Gasteiger partial charge in [0.2, 0.25) is 0 Å². The first-order chi connectivity index (χ1) is 8.61. The van der Waals surface area contributed by atoms with Crippen LogP contribution in [-0.4, -0.2) is 27.6 Å². The molecule has 18 heavy (non-hydrogen) atoms. The Morgan fingerprint density at radius 1 is 1.56 bits per heavy atom. The highest BCUT2D eigenvalue weighted by Gasteiger charge is 2.08. The Hall–Kier alpha value is -1.85. The molecule has 0 bridgehead atoms. The van der Waals surface area contributed by atoms with Gasteiger partial charge in [0.25, 0.3) is 5.56 Å². The molecule has 6 nitrogen and oxygen atoms in total. The summed E-state index contributed by atoms with van der Waals surface area (Å²) in [6.45, 7) is 2.74. The maximum Gasteiger partial charge on any atom is 0.303 e. The fourth-order valence-electron chi connectivity index (χ4n) is 1.75. The van der Waals surface area contributed by atoms with Crippen LogP contribution >= 0.6 is 0 Å². The minimum Gasteiger partial charge on any atom is -0.481 e. The quantitative estimate of drug-likeness (QED) is 0.652. The molecule has 1 rings (SSSR count). The highest BCUT2D eigenvalue weighted by Crippen LogP contribution is 2.15. The SMILES string of the molecule is CCC(CCNc1cc(=O)[nH]cn1)CCC(=O)O. The van der Waals surface area contributed by atoms with Crippen LogP contribution < -0.4 is 10.9 Å². The minimum absolute atomic E-state index is 0.189. The molecule has 0 spiro atoms. The Kier molecular flexibility index (Phi) is 5.90. The third-order valence-corrected chi connectivity index (χ3v) is 2.88. The number of carbonyl (C=O) groups is 1. The fraction of sp³-hybridized carbons (Fsp3) is 0.583. The van der Waals surface area contributed by atoms with Gasteiger partial charge in [-0.3, -0.25) is 9.59 Å². The van der Waals surface area contributed by atoms with Crippen LogP contribution in [0.3, 0.4) is 0 Å². The Labute approximate surface area is 105 Å². The summed E-state index contributed by atoms with van der Waals surface area (Å²) < 4.78 is 0. The molecule has 1 heterocycles. The van der Waals surface area contributed by atoms with Crippen molar-refractivity contribution in [3.05, 3.63) is 22.7 Å². The molecule has 100 valence electrons. The summed E-state index contributed by atoms with van der Waals surface area (Å²) in [5.74, 6) is 0.181. The summed E-state index contributed by atoms with van der Waals surface area (Å²) in [5, 5.41) is 11.7. The molecule has 0 aliphatic carbocycles. The molecular weight excluding hydrogens is 234 g/mol. The van der Waals surface area contributed by atoms with Crippen LogP contribution in [0.1, 0.15) is 32.6 Å². The summed E-state index contributed by atoms with van der Waals surface area (Å²) in [4.78, 5) is 27.9. The van der Waals surface area contributed by atoms with Crippen LogP contribution in [0.2, 0.25) is 0 Å². The van der Waals surface area contributed by atoms with Crippen molar-refractivity contribution in [3.63, 3.8) is 0 Å². The molecular formula is C12H19N3O3. The average Bonchev–Trinajstić information content (AvgIpc) is 2.33. The van der Waals surface area contributed by atoms with Crippen LogP contribution in [0, 0.1) is 5.92 Å². The smallest absolute Gasteiger partial charge is 0.303 e. The van der Waals surface area contributed by atoms with Gasteiger partial charge in [-0.25, -0.2) is 4.98 Å². The number of aromatic nitrogens is 2. The molecule has 1 atom stereocenters. The van der Waals surface area contributed by atoms with Crippen molar-refractivity contribution in [1.82, 2.24) is 9.97 Å². The monoisotopic (exact) mass is 253 g/mol. The van der Waals surface area contributed by atoms with E-state index in [1.54, 1.807) is 0 Å². The topological polar surface area (TPSA) is 95.1 Å². The van der Waals surface area contributed by atoms with Crippen molar-refractivity contribution >= 4 is 11.8 Å². The van der Waals surface area contributed by atoms with Gasteiger partial charge in [0.1, 0.15) is 5.82 Å². The summed E-state index contributed by atoms with van der Waals surface area (Å²) in [6, 6.07) is 1.40. The predicted molar refractivity (Wildman–Crippen MR) is 68.6 cm³/mol. The third kappa shape index (κ3) is 5.47. The standard InChI is InChI=1S/C12H19N3O3/c1-2-9(3-4-12(17)18)5-6-13-10-7-11(16)15-8-14-10/h7-9H,2-6H2,1H3,(H,17,18)(H2,13,14,15,16). The molecule has 1 aromatic heterocycles. The van der Waals surface area contributed by atoms with Crippen molar-refractivity contribution in [2.75, 3.05) is 11.9 Å². The van der Waals surface area contributed by atoms with E-state index in [1.807, 2.05) is 0 Å². The number of anilines is 1. The van der Waals surface area contributed by atoms with Crippen molar-refractivity contribution in [2.24, 2.45) is 5.92 Å². The second-order valence-corrected chi connectivity index (χ2v) is 4.22. The highest BCUT2D eigenvalue weighted by molar-refractivity contribution is 5.66. The molecule has 6 heteroatoms. The van der Waals surface area contributed by atoms with E-state index in [-0.39, 0.29) is 12.0 Å². The number of rotatable bonds is 8. The lowest BCUT2D eigenvalue weighted by molar-refractivity contribution is -0.137. The zero-order valence-electron chi connectivity index (χ0n) is 10.5. The van der Waals surface area contributed by atoms with Gasteiger partial charge in [0.05, 0.1) is 6.33 Å². The molecule has 0 fully saturated rings. The Morgan fingerprint density at radius 3 is 2.94 bits per heavy atom. The molecule has 0 aromatic carbocycles. The summed E-state index contributed by atoms with van der Waals surface area (Å²) >= 11 is 0. The van der Waals surface area contributed by atoms with E-state index < -0.39 is 5.97 Å². The van der Waals surface area contributed by atoms with Crippen LogP contribution in [0.25, 0.3) is 0 Å². The number of carboxylic acids is 1. The minimum atomic E-state index is -0.752.